The normalized spacial score (nSPS) is 18.0. The van der Waals surface area contributed by atoms with Crippen LogP contribution in [0, 0.1) is 0 Å². The van der Waals surface area contributed by atoms with E-state index in [1.165, 1.54) is 12.8 Å². The second-order valence-corrected chi connectivity index (χ2v) is 9.00. The van der Waals surface area contributed by atoms with Gasteiger partial charge >= 0.3 is 0 Å². The molecule has 2 aromatic carbocycles. The van der Waals surface area contributed by atoms with Gasteiger partial charge in [-0.15, -0.1) is 6.58 Å². The lowest BCUT2D eigenvalue weighted by Crippen LogP contribution is -2.42. The van der Waals surface area contributed by atoms with Crippen LogP contribution in [0.4, 0.5) is 0 Å². The molecule has 4 rings (SSSR count). The third-order valence-corrected chi connectivity index (χ3v) is 6.91. The highest BCUT2D eigenvalue weighted by molar-refractivity contribution is 6.03. The molecule has 1 amide bonds. The standard InChI is InChI=1S/C28H35N3O4/c1-5-15-30(21-10-6-7-11-21)19-28(32)31-26(24-17-23(34-3)13-14-27(24)35-4)18-25(29-31)20-9-8-12-22(16-20)33-2/h5,8-9,12-14,16-17,21,26H,1,6-7,10-11,15,18-19H2,2-4H3. The first-order valence-corrected chi connectivity index (χ1v) is 12.2. The van der Waals surface area contributed by atoms with Crippen molar-refractivity contribution in [2.24, 2.45) is 5.10 Å². The first-order valence-electron chi connectivity index (χ1n) is 12.2. The number of hydrogen-bond acceptors (Lipinski definition) is 6. The molecule has 0 spiro atoms. The Kier molecular flexibility index (Phi) is 8.08. The third kappa shape index (κ3) is 5.51. The average molecular weight is 478 g/mol. The Bertz CT molecular complexity index is 1080. The highest BCUT2D eigenvalue weighted by atomic mass is 16.5. The molecule has 7 heteroatoms. The van der Waals surface area contributed by atoms with Gasteiger partial charge in [0.1, 0.15) is 17.2 Å². The van der Waals surface area contributed by atoms with Crippen LogP contribution < -0.4 is 14.2 Å². The number of amides is 1. The summed E-state index contributed by atoms with van der Waals surface area (Å²) in [5.74, 6) is 2.13. The second-order valence-electron chi connectivity index (χ2n) is 9.00. The predicted molar refractivity (Wildman–Crippen MR) is 137 cm³/mol. The molecule has 1 aliphatic carbocycles. The maximum absolute atomic E-state index is 13.8. The predicted octanol–water partition coefficient (Wildman–Crippen LogP) is 4.82. The van der Waals surface area contributed by atoms with Crippen molar-refractivity contribution in [3.63, 3.8) is 0 Å². The molecule has 0 N–H and O–H groups in total. The number of nitrogens with zero attached hydrogens (tertiary/aromatic N) is 3. The molecule has 2 aliphatic rings. The number of rotatable bonds is 10. The molecule has 186 valence electrons. The van der Waals surface area contributed by atoms with Crippen molar-refractivity contribution < 1.29 is 19.0 Å². The number of methoxy groups -OCH3 is 3. The van der Waals surface area contributed by atoms with Crippen LogP contribution in [0.1, 0.15) is 49.3 Å². The van der Waals surface area contributed by atoms with Crippen LogP contribution in [0.5, 0.6) is 17.2 Å². The summed E-state index contributed by atoms with van der Waals surface area (Å²) >= 11 is 0. The number of hydrogen-bond donors (Lipinski definition) is 0. The van der Waals surface area contributed by atoms with Crippen LogP contribution in [-0.2, 0) is 4.79 Å². The van der Waals surface area contributed by atoms with Gasteiger partial charge in [0.15, 0.2) is 0 Å². The molecule has 0 saturated heterocycles. The largest absolute Gasteiger partial charge is 0.497 e. The van der Waals surface area contributed by atoms with Gasteiger partial charge in [-0.2, -0.15) is 5.10 Å². The van der Waals surface area contributed by atoms with Crippen molar-refractivity contribution in [3.05, 3.63) is 66.2 Å². The lowest BCUT2D eigenvalue weighted by Gasteiger charge is -2.30. The van der Waals surface area contributed by atoms with E-state index in [9.17, 15) is 4.79 Å². The zero-order valence-electron chi connectivity index (χ0n) is 20.9. The van der Waals surface area contributed by atoms with Gasteiger partial charge in [-0.3, -0.25) is 9.69 Å². The van der Waals surface area contributed by atoms with Crippen molar-refractivity contribution in [3.8, 4) is 17.2 Å². The molecule has 1 saturated carbocycles. The molecular formula is C28H35N3O4. The summed E-state index contributed by atoms with van der Waals surface area (Å²) in [5, 5.41) is 6.49. The number of hydrazone groups is 1. The average Bonchev–Trinajstić information content (AvgIpc) is 3.59. The highest BCUT2D eigenvalue weighted by Crippen LogP contribution is 2.39. The second kappa shape index (κ2) is 11.4. The zero-order valence-corrected chi connectivity index (χ0v) is 20.9. The van der Waals surface area contributed by atoms with E-state index < -0.39 is 0 Å². The molecule has 0 aromatic heterocycles. The molecule has 2 aromatic rings. The molecule has 1 atom stereocenters. The molecule has 0 radical (unpaired) electrons. The van der Waals surface area contributed by atoms with Gasteiger partial charge in [-0.05, 0) is 43.2 Å². The summed E-state index contributed by atoms with van der Waals surface area (Å²) in [5.41, 5.74) is 2.64. The molecule has 35 heavy (non-hydrogen) atoms. The molecule has 1 aliphatic heterocycles. The van der Waals surface area contributed by atoms with Crippen molar-refractivity contribution in [2.45, 2.75) is 44.2 Å². The minimum absolute atomic E-state index is 0.0356. The summed E-state index contributed by atoms with van der Waals surface area (Å²) in [7, 11) is 4.92. The van der Waals surface area contributed by atoms with Crippen LogP contribution in [0.15, 0.2) is 60.2 Å². The topological polar surface area (TPSA) is 63.6 Å². The molecule has 7 nitrogen and oxygen atoms in total. The smallest absolute Gasteiger partial charge is 0.257 e. The Hall–Kier alpha value is -3.32. The minimum atomic E-state index is -0.303. The Labute approximate surface area is 208 Å². The van der Waals surface area contributed by atoms with Crippen LogP contribution in [0.3, 0.4) is 0 Å². The Balaban J connectivity index is 1.69. The minimum Gasteiger partial charge on any atom is -0.497 e. The van der Waals surface area contributed by atoms with E-state index in [1.54, 1.807) is 26.3 Å². The van der Waals surface area contributed by atoms with Crippen LogP contribution in [-0.4, -0.2) is 62.0 Å². The van der Waals surface area contributed by atoms with E-state index in [1.807, 2.05) is 48.5 Å². The van der Waals surface area contributed by atoms with E-state index >= 15 is 0 Å². The maximum Gasteiger partial charge on any atom is 0.257 e. The summed E-state index contributed by atoms with van der Waals surface area (Å²) in [4.78, 5) is 16.0. The molecular weight excluding hydrogens is 442 g/mol. The Morgan fingerprint density at radius 3 is 2.51 bits per heavy atom. The van der Waals surface area contributed by atoms with E-state index in [4.69, 9.17) is 19.3 Å². The van der Waals surface area contributed by atoms with E-state index in [2.05, 4.69) is 11.5 Å². The van der Waals surface area contributed by atoms with Crippen LogP contribution in [0.2, 0.25) is 0 Å². The monoisotopic (exact) mass is 477 g/mol. The fourth-order valence-corrected chi connectivity index (χ4v) is 5.08. The SMILES string of the molecule is C=CCN(CC(=O)N1N=C(c2cccc(OC)c2)CC1c1cc(OC)ccc1OC)C1CCCC1. The lowest BCUT2D eigenvalue weighted by molar-refractivity contribution is -0.134. The van der Waals surface area contributed by atoms with Gasteiger partial charge in [-0.1, -0.05) is 31.1 Å². The Morgan fingerprint density at radius 2 is 1.83 bits per heavy atom. The summed E-state index contributed by atoms with van der Waals surface area (Å²) in [6.45, 7) is 4.90. The summed E-state index contributed by atoms with van der Waals surface area (Å²) < 4.78 is 16.6. The van der Waals surface area contributed by atoms with Gasteiger partial charge < -0.3 is 14.2 Å². The fraction of sp³-hybridized carbons (Fsp3) is 0.429. The fourth-order valence-electron chi connectivity index (χ4n) is 5.08. The van der Waals surface area contributed by atoms with Gasteiger partial charge in [0.2, 0.25) is 0 Å². The molecule has 1 heterocycles. The zero-order chi connectivity index (χ0) is 24.8. The first-order chi connectivity index (χ1) is 17.1. The number of ether oxygens (including phenoxy) is 3. The van der Waals surface area contributed by atoms with Crippen LogP contribution in [0.25, 0.3) is 0 Å². The lowest BCUT2D eigenvalue weighted by atomic mass is 9.97. The van der Waals surface area contributed by atoms with Gasteiger partial charge in [-0.25, -0.2) is 5.01 Å². The Morgan fingerprint density at radius 1 is 1.09 bits per heavy atom. The van der Waals surface area contributed by atoms with Crippen molar-refractivity contribution >= 4 is 11.6 Å². The van der Waals surface area contributed by atoms with Gasteiger partial charge in [0.05, 0.1) is 39.6 Å². The van der Waals surface area contributed by atoms with E-state index in [-0.39, 0.29) is 11.9 Å². The molecule has 0 bridgehead atoms. The van der Waals surface area contributed by atoms with Crippen LogP contribution >= 0.6 is 0 Å². The van der Waals surface area contributed by atoms with Crippen molar-refractivity contribution in [1.82, 2.24) is 9.91 Å². The van der Waals surface area contributed by atoms with Crippen molar-refractivity contribution in [2.75, 3.05) is 34.4 Å². The van der Waals surface area contributed by atoms with Gasteiger partial charge in [0.25, 0.3) is 5.91 Å². The third-order valence-electron chi connectivity index (χ3n) is 6.91. The highest BCUT2D eigenvalue weighted by Gasteiger charge is 2.36. The number of carbonyl (C=O) groups excluding carboxylic acids is 1. The maximum atomic E-state index is 13.8. The van der Waals surface area contributed by atoms with Crippen molar-refractivity contribution in [1.29, 1.82) is 0 Å². The molecule has 1 unspecified atom stereocenters. The first kappa shape index (κ1) is 24.8. The molecule has 1 fully saturated rings. The number of benzene rings is 2. The van der Waals surface area contributed by atoms with E-state index in [0.717, 1.165) is 35.4 Å². The van der Waals surface area contributed by atoms with Gasteiger partial charge in [0, 0.05) is 30.1 Å². The summed E-state index contributed by atoms with van der Waals surface area (Å²) in [6, 6.07) is 13.6. The quantitative estimate of drug-likeness (QED) is 0.459. The number of carbonyl (C=O) groups is 1. The van der Waals surface area contributed by atoms with E-state index in [0.29, 0.717) is 37.1 Å². The summed E-state index contributed by atoms with van der Waals surface area (Å²) in [6.07, 6.45) is 7.09.